The zero-order valence-electron chi connectivity index (χ0n) is 14.6. The van der Waals surface area contributed by atoms with Gasteiger partial charge in [0.1, 0.15) is 6.61 Å². The number of nitrogens with zero attached hydrogens (tertiary/aromatic N) is 3. The zero-order valence-corrected chi connectivity index (χ0v) is 14.6. The van der Waals surface area contributed by atoms with E-state index in [0.717, 1.165) is 38.4 Å². The Kier molecular flexibility index (Phi) is 5.86. The SMILES string of the molecule is COCC(=O)N1Cc2ncn(C)c2C(COCC2CCOCC2)C1. The number of imidazole rings is 1. The number of carbonyl (C=O) groups excluding carboxylic acids is 1. The highest BCUT2D eigenvalue weighted by atomic mass is 16.5. The first-order chi connectivity index (χ1) is 11.7. The lowest BCUT2D eigenvalue weighted by molar-refractivity contribution is -0.136. The molecule has 2 aliphatic rings. The second-order valence-corrected chi connectivity index (χ2v) is 6.68. The standard InChI is InChI=1S/C17H27N3O4/c1-19-12-18-15-8-20(16(21)11-22-2)7-14(17(15)19)10-24-9-13-3-5-23-6-4-13/h12-14H,3-11H2,1-2H3. The molecule has 1 aromatic rings. The fourth-order valence-corrected chi connectivity index (χ4v) is 3.56. The van der Waals surface area contributed by atoms with E-state index in [-0.39, 0.29) is 18.4 Å². The van der Waals surface area contributed by atoms with Gasteiger partial charge in [0, 0.05) is 52.1 Å². The molecule has 3 rings (SSSR count). The van der Waals surface area contributed by atoms with Gasteiger partial charge in [-0.3, -0.25) is 4.79 Å². The summed E-state index contributed by atoms with van der Waals surface area (Å²) in [5.41, 5.74) is 2.15. The minimum atomic E-state index is 0.00299. The Morgan fingerprint density at radius 2 is 2.17 bits per heavy atom. The van der Waals surface area contributed by atoms with Crippen LogP contribution in [0.1, 0.15) is 30.1 Å². The third-order valence-electron chi connectivity index (χ3n) is 4.86. The minimum Gasteiger partial charge on any atom is -0.381 e. The monoisotopic (exact) mass is 337 g/mol. The van der Waals surface area contributed by atoms with Crippen molar-refractivity contribution < 1.29 is 19.0 Å². The van der Waals surface area contributed by atoms with Crippen molar-refractivity contribution >= 4 is 5.91 Å². The number of rotatable bonds is 6. The van der Waals surface area contributed by atoms with Gasteiger partial charge < -0.3 is 23.7 Å². The maximum Gasteiger partial charge on any atom is 0.248 e. The van der Waals surface area contributed by atoms with Gasteiger partial charge >= 0.3 is 0 Å². The maximum atomic E-state index is 12.2. The molecule has 1 fully saturated rings. The first kappa shape index (κ1) is 17.4. The predicted octanol–water partition coefficient (Wildman–Crippen LogP) is 0.935. The van der Waals surface area contributed by atoms with Crippen molar-refractivity contribution in [3.63, 3.8) is 0 Å². The van der Waals surface area contributed by atoms with Crippen LogP contribution in [0.15, 0.2) is 6.33 Å². The maximum absolute atomic E-state index is 12.2. The molecule has 1 atom stereocenters. The summed E-state index contributed by atoms with van der Waals surface area (Å²) in [5.74, 6) is 0.740. The minimum absolute atomic E-state index is 0.00299. The first-order valence-electron chi connectivity index (χ1n) is 8.61. The van der Waals surface area contributed by atoms with Crippen LogP contribution in [0.5, 0.6) is 0 Å². The summed E-state index contributed by atoms with van der Waals surface area (Å²) < 4.78 is 18.4. The van der Waals surface area contributed by atoms with Crippen LogP contribution in [0, 0.1) is 5.92 Å². The van der Waals surface area contributed by atoms with E-state index in [4.69, 9.17) is 14.2 Å². The van der Waals surface area contributed by atoms with E-state index < -0.39 is 0 Å². The van der Waals surface area contributed by atoms with Crippen molar-refractivity contribution in [2.24, 2.45) is 13.0 Å². The number of aryl methyl sites for hydroxylation is 1. The van der Waals surface area contributed by atoms with E-state index in [1.54, 1.807) is 7.11 Å². The number of fused-ring (bicyclic) bond motifs is 1. The van der Waals surface area contributed by atoms with Crippen LogP contribution in [-0.2, 0) is 32.6 Å². The van der Waals surface area contributed by atoms with Gasteiger partial charge in [0.15, 0.2) is 0 Å². The van der Waals surface area contributed by atoms with Gasteiger partial charge in [0.2, 0.25) is 5.91 Å². The number of carbonyl (C=O) groups is 1. The third-order valence-corrected chi connectivity index (χ3v) is 4.86. The molecule has 1 aromatic heterocycles. The molecule has 3 heterocycles. The molecule has 0 radical (unpaired) electrons. The molecule has 7 heteroatoms. The van der Waals surface area contributed by atoms with E-state index in [0.29, 0.717) is 25.6 Å². The third kappa shape index (κ3) is 3.96. The van der Waals surface area contributed by atoms with Crippen molar-refractivity contribution in [1.29, 1.82) is 0 Å². The summed E-state index contributed by atoms with van der Waals surface area (Å²) in [6, 6.07) is 0. The first-order valence-corrected chi connectivity index (χ1v) is 8.61. The van der Waals surface area contributed by atoms with Gasteiger partial charge in [0.05, 0.1) is 25.2 Å². The van der Waals surface area contributed by atoms with E-state index >= 15 is 0 Å². The lowest BCUT2D eigenvalue weighted by atomic mass is 9.98. The highest BCUT2D eigenvalue weighted by molar-refractivity contribution is 5.77. The molecule has 24 heavy (non-hydrogen) atoms. The Balaban J connectivity index is 1.61. The van der Waals surface area contributed by atoms with Crippen LogP contribution in [0.25, 0.3) is 0 Å². The van der Waals surface area contributed by atoms with Gasteiger partial charge in [-0.15, -0.1) is 0 Å². The Morgan fingerprint density at radius 1 is 1.38 bits per heavy atom. The summed E-state index contributed by atoms with van der Waals surface area (Å²) >= 11 is 0. The fourth-order valence-electron chi connectivity index (χ4n) is 3.56. The molecule has 0 bridgehead atoms. The number of hydrogen-bond acceptors (Lipinski definition) is 5. The summed E-state index contributed by atoms with van der Waals surface area (Å²) in [6.07, 6.45) is 3.96. The van der Waals surface area contributed by atoms with E-state index in [9.17, 15) is 4.79 Å². The second-order valence-electron chi connectivity index (χ2n) is 6.68. The van der Waals surface area contributed by atoms with Gasteiger partial charge in [-0.25, -0.2) is 4.98 Å². The molecular weight excluding hydrogens is 310 g/mol. The molecule has 0 aromatic carbocycles. The van der Waals surface area contributed by atoms with Crippen molar-refractivity contribution in [3.05, 3.63) is 17.7 Å². The van der Waals surface area contributed by atoms with Crippen molar-refractivity contribution in [2.45, 2.75) is 25.3 Å². The Labute approximate surface area is 142 Å². The van der Waals surface area contributed by atoms with Crippen LogP contribution in [0.2, 0.25) is 0 Å². The molecule has 0 spiro atoms. The number of ether oxygens (including phenoxy) is 3. The molecule has 7 nitrogen and oxygen atoms in total. The number of methoxy groups -OCH3 is 1. The molecule has 0 N–H and O–H groups in total. The summed E-state index contributed by atoms with van der Waals surface area (Å²) in [4.78, 5) is 18.5. The largest absolute Gasteiger partial charge is 0.381 e. The van der Waals surface area contributed by atoms with Crippen molar-refractivity contribution in [3.8, 4) is 0 Å². The summed E-state index contributed by atoms with van der Waals surface area (Å²) in [6.45, 7) is 4.36. The van der Waals surface area contributed by atoms with E-state index in [2.05, 4.69) is 9.55 Å². The van der Waals surface area contributed by atoms with E-state index in [1.165, 1.54) is 5.69 Å². The molecule has 1 unspecified atom stereocenters. The van der Waals surface area contributed by atoms with Gasteiger partial charge in [0.25, 0.3) is 0 Å². The Hall–Kier alpha value is -1.44. The second kappa shape index (κ2) is 8.09. The molecule has 1 saturated heterocycles. The summed E-state index contributed by atoms with van der Waals surface area (Å²) in [7, 11) is 3.55. The highest BCUT2D eigenvalue weighted by Crippen LogP contribution is 2.28. The molecule has 1 amide bonds. The zero-order chi connectivity index (χ0) is 16.9. The molecular formula is C17H27N3O4. The number of aromatic nitrogens is 2. The highest BCUT2D eigenvalue weighted by Gasteiger charge is 2.31. The normalized spacial score (nSPS) is 21.8. The van der Waals surface area contributed by atoms with Crippen molar-refractivity contribution in [2.75, 3.05) is 46.7 Å². The van der Waals surface area contributed by atoms with Crippen LogP contribution in [0.3, 0.4) is 0 Å². The molecule has 0 saturated carbocycles. The quantitative estimate of drug-likeness (QED) is 0.773. The lowest BCUT2D eigenvalue weighted by Gasteiger charge is -2.33. The van der Waals surface area contributed by atoms with Crippen LogP contribution < -0.4 is 0 Å². The molecule has 134 valence electrons. The molecule has 0 aliphatic carbocycles. The van der Waals surface area contributed by atoms with Crippen LogP contribution in [-0.4, -0.2) is 67.0 Å². The van der Waals surface area contributed by atoms with Gasteiger partial charge in [-0.05, 0) is 18.8 Å². The van der Waals surface area contributed by atoms with Gasteiger partial charge in [-0.1, -0.05) is 0 Å². The fraction of sp³-hybridized carbons (Fsp3) is 0.765. The number of hydrogen-bond donors (Lipinski definition) is 0. The van der Waals surface area contributed by atoms with Crippen LogP contribution in [0.4, 0.5) is 0 Å². The van der Waals surface area contributed by atoms with Gasteiger partial charge in [-0.2, -0.15) is 0 Å². The molecule has 2 aliphatic heterocycles. The average molecular weight is 337 g/mol. The number of amides is 1. The Bertz CT molecular complexity index is 554. The topological polar surface area (TPSA) is 65.8 Å². The lowest BCUT2D eigenvalue weighted by Crippen LogP contribution is -2.41. The smallest absolute Gasteiger partial charge is 0.248 e. The van der Waals surface area contributed by atoms with Crippen molar-refractivity contribution in [1.82, 2.24) is 14.5 Å². The predicted molar refractivity (Wildman–Crippen MR) is 87.6 cm³/mol. The summed E-state index contributed by atoms with van der Waals surface area (Å²) in [5, 5.41) is 0. The Morgan fingerprint density at radius 3 is 2.92 bits per heavy atom. The van der Waals surface area contributed by atoms with E-state index in [1.807, 2.05) is 18.3 Å². The van der Waals surface area contributed by atoms with Crippen LogP contribution >= 0.6 is 0 Å². The average Bonchev–Trinajstić information content (AvgIpc) is 2.97.